The number of fused-ring (bicyclic) bond motifs is 1. The summed E-state index contributed by atoms with van der Waals surface area (Å²) in [7, 11) is 0. The number of nitrogens with zero attached hydrogens (tertiary/aromatic N) is 2. The van der Waals surface area contributed by atoms with Crippen molar-refractivity contribution in [3.63, 3.8) is 0 Å². The number of H-pyrrole nitrogens is 2. The molecule has 230 valence electrons. The van der Waals surface area contributed by atoms with Crippen LogP contribution in [0.15, 0.2) is 107 Å². The first-order chi connectivity index (χ1) is 22.3. The van der Waals surface area contributed by atoms with Gasteiger partial charge in [0.2, 0.25) is 0 Å². The lowest BCUT2D eigenvalue weighted by Crippen LogP contribution is -2.46. The first-order valence-corrected chi connectivity index (χ1v) is 14.9. The number of hydrogen-bond acceptors (Lipinski definition) is 6. The van der Waals surface area contributed by atoms with Gasteiger partial charge in [0.05, 0.1) is 4.92 Å². The number of anilines is 1. The normalized spacial score (nSPS) is 13.7. The van der Waals surface area contributed by atoms with E-state index in [1.54, 1.807) is 24.3 Å². The average molecular weight is 614 g/mol. The summed E-state index contributed by atoms with van der Waals surface area (Å²) in [6.07, 6.45) is 4.96. The van der Waals surface area contributed by atoms with E-state index < -0.39 is 16.0 Å². The van der Waals surface area contributed by atoms with Crippen molar-refractivity contribution in [2.24, 2.45) is 0 Å². The van der Waals surface area contributed by atoms with Crippen molar-refractivity contribution in [1.82, 2.24) is 14.9 Å². The number of hydrogen-bond donors (Lipinski definition) is 3. The molecule has 0 radical (unpaired) electrons. The molecule has 0 unspecified atom stereocenters. The number of carbonyl (C=O) groups excluding carboxylic acids is 1. The molecule has 0 aliphatic carbocycles. The van der Waals surface area contributed by atoms with E-state index >= 15 is 0 Å². The van der Waals surface area contributed by atoms with Crippen LogP contribution in [0.1, 0.15) is 38.2 Å². The van der Waals surface area contributed by atoms with Gasteiger partial charge in [-0.3, -0.25) is 29.4 Å². The number of nitro benzene ring substituents is 1. The largest absolute Gasteiger partial charge is 0.322 e. The summed E-state index contributed by atoms with van der Waals surface area (Å²) in [5, 5.41) is 13.8. The van der Waals surface area contributed by atoms with Gasteiger partial charge in [-0.2, -0.15) is 0 Å². The molecule has 0 bridgehead atoms. The minimum absolute atomic E-state index is 0.0178. The molecular weight excluding hydrogens is 582 g/mol. The van der Waals surface area contributed by atoms with E-state index in [1.165, 1.54) is 53.1 Å². The summed E-state index contributed by atoms with van der Waals surface area (Å²) < 4.78 is 0. The van der Waals surface area contributed by atoms with Gasteiger partial charge < -0.3 is 15.3 Å². The number of carbonyl (C=O) groups is 1. The summed E-state index contributed by atoms with van der Waals surface area (Å²) in [5.74, 6) is -0.260. The van der Waals surface area contributed by atoms with Crippen LogP contribution < -0.4 is 27.1 Å². The maximum atomic E-state index is 12.9. The first kappa shape index (κ1) is 30.2. The molecule has 46 heavy (non-hydrogen) atoms. The molecule has 0 saturated heterocycles. The zero-order valence-electron chi connectivity index (χ0n) is 24.9. The second kappa shape index (κ2) is 13.4. The average Bonchev–Trinajstić information content (AvgIpc) is 3.07. The van der Waals surface area contributed by atoms with Crippen LogP contribution in [0.4, 0.5) is 11.4 Å². The zero-order valence-corrected chi connectivity index (χ0v) is 24.9. The number of nitro groups is 1. The highest BCUT2D eigenvalue weighted by Crippen LogP contribution is 2.19. The number of aromatic nitrogens is 2. The van der Waals surface area contributed by atoms with Crippen molar-refractivity contribution >= 4 is 29.4 Å². The lowest BCUT2D eigenvalue weighted by atomic mass is 9.99. The van der Waals surface area contributed by atoms with Gasteiger partial charge in [-0.1, -0.05) is 48.5 Å². The fourth-order valence-electron chi connectivity index (χ4n) is 5.44. The Kier molecular flexibility index (Phi) is 8.80. The van der Waals surface area contributed by atoms with Crippen molar-refractivity contribution in [3.05, 3.63) is 172 Å². The van der Waals surface area contributed by atoms with E-state index in [0.717, 1.165) is 32.5 Å². The molecule has 5 aromatic rings. The standard InChI is InChI=1S/C36H31N5O5/c42-34(37-30-13-7-24(8-14-30)17-19-40-20-18-27-3-1-2-4-29(27)23-40)28-11-5-25(6-12-28)21-32-35(43)39-33(36(44)38-32)22-26-9-15-31(16-10-26)41(45)46/h1-16,21-22H,17-20,23H2,(H,37,42)(H,38,44)(H,39,43). The van der Waals surface area contributed by atoms with Crippen LogP contribution in [0.2, 0.25) is 0 Å². The van der Waals surface area contributed by atoms with Gasteiger partial charge in [-0.05, 0) is 89.2 Å². The van der Waals surface area contributed by atoms with Crippen LogP contribution in [0.3, 0.4) is 0 Å². The Morgan fingerprint density at radius 2 is 1.39 bits per heavy atom. The van der Waals surface area contributed by atoms with Gasteiger partial charge in [0.1, 0.15) is 10.7 Å². The first-order valence-electron chi connectivity index (χ1n) is 14.9. The zero-order chi connectivity index (χ0) is 32.0. The summed E-state index contributed by atoms with van der Waals surface area (Å²) in [4.78, 5) is 56.1. The summed E-state index contributed by atoms with van der Waals surface area (Å²) in [6.45, 7) is 3.02. The third kappa shape index (κ3) is 7.25. The van der Waals surface area contributed by atoms with E-state index in [2.05, 4.69) is 44.5 Å². The fourth-order valence-corrected chi connectivity index (χ4v) is 5.44. The predicted octanol–water partition coefficient (Wildman–Crippen LogP) is 3.48. The molecule has 10 nitrogen and oxygen atoms in total. The molecule has 1 amide bonds. The number of aromatic amines is 2. The van der Waals surface area contributed by atoms with Gasteiger partial charge >= 0.3 is 0 Å². The SMILES string of the molecule is O=C(Nc1ccc(CCN2CCc3ccccc3C2)cc1)c1ccc(C=c2[nH]c(=O)c(=Cc3ccc([N+](=O)[O-])cc3)[nH]c2=O)cc1. The molecule has 6 rings (SSSR count). The number of benzene rings is 4. The maximum absolute atomic E-state index is 12.9. The molecule has 2 heterocycles. The Hall–Kier alpha value is -5.87. The van der Waals surface area contributed by atoms with Gasteiger partial charge in [-0.25, -0.2) is 0 Å². The molecule has 0 fully saturated rings. The van der Waals surface area contributed by atoms with Crippen LogP contribution in [-0.4, -0.2) is 38.8 Å². The van der Waals surface area contributed by atoms with Crippen LogP contribution >= 0.6 is 0 Å². The number of amides is 1. The molecule has 1 aliphatic rings. The molecule has 0 spiro atoms. The van der Waals surface area contributed by atoms with Gasteiger partial charge in [-0.15, -0.1) is 0 Å². The monoisotopic (exact) mass is 613 g/mol. The quantitative estimate of drug-likeness (QED) is 0.181. The number of non-ortho nitro benzene ring substituents is 1. The Morgan fingerprint density at radius 3 is 2.00 bits per heavy atom. The van der Waals surface area contributed by atoms with E-state index in [-0.39, 0.29) is 22.3 Å². The van der Waals surface area contributed by atoms with Gasteiger partial charge in [0, 0.05) is 43.0 Å². The summed E-state index contributed by atoms with van der Waals surface area (Å²) >= 11 is 0. The molecule has 1 aromatic heterocycles. The maximum Gasteiger partial charge on any atom is 0.272 e. The van der Waals surface area contributed by atoms with Crippen molar-refractivity contribution in [1.29, 1.82) is 0 Å². The minimum atomic E-state index is -0.525. The minimum Gasteiger partial charge on any atom is -0.322 e. The van der Waals surface area contributed by atoms with Crippen molar-refractivity contribution < 1.29 is 9.72 Å². The predicted molar refractivity (Wildman–Crippen MR) is 177 cm³/mol. The lowest BCUT2D eigenvalue weighted by Gasteiger charge is -2.28. The fraction of sp³-hybridized carbons (Fsp3) is 0.139. The smallest absolute Gasteiger partial charge is 0.272 e. The highest BCUT2D eigenvalue weighted by Gasteiger charge is 2.15. The second-order valence-corrected chi connectivity index (χ2v) is 11.2. The van der Waals surface area contributed by atoms with Crippen molar-refractivity contribution in [2.45, 2.75) is 19.4 Å². The van der Waals surface area contributed by atoms with Crippen LogP contribution in [-0.2, 0) is 19.4 Å². The van der Waals surface area contributed by atoms with E-state index in [1.807, 2.05) is 24.3 Å². The molecule has 0 saturated carbocycles. The number of nitrogens with one attached hydrogen (secondary N) is 3. The highest BCUT2D eigenvalue weighted by molar-refractivity contribution is 6.04. The Labute approximate surface area is 263 Å². The molecule has 4 aromatic carbocycles. The van der Waals surface area contributed by atoms with E-state index in [0.29, 0.717) is 22.4 Å². The topological polar surface area (TPSA) is 141 Å². The molecular formula is C36H31N5O5. The van der Waals surface area contributed by atoms with E-state index in [4.69, 9.17) is 0 Å². The summed E-state index contributed by atoms with van der Waals surface area (Å²) in [5.41, 5.74) is 5.24. The number of rotatable bonds is 8. The Bertz CT molecular complexity index is 2130. The Balaban J connectivity index is 1.06. The van der Waals surface area contributed by atoms with Crippen molar-refractivity contribution in [2.75, 3.05) is 18.4 Å². The molecule has 1 aliphatic heterocycles. The molecule has 0 atom stereocenters. The second-order valence-electron chi connectivity index (χ2n) is 11.2. The molecule has 10 heteroatoms. The van der Waals surface area contributed by atoms with Crippen molar-refractivity contribution in [3.8, 4) is 0 Å². The lowest BCUT2D eigenvalue weighted by molar-refractivity contribution is -0.384. The third-order valence-electron chi connectivity index (χ3n) is 8.02. The summed E-state index contributed by atoms with van der Waals surface area (Å²) in [6, 6.07) is 28.8. The Morgan fingerprint density at radius 1 is 0.804 bits per heavy atom. The highest BCUT2D eigenvalue weighted by atomic mass is 16.6. The van der Waals surface area contributed by atoms with Gasteiger partial charge in [0.25, 0.3) is 22.7 Å². The third-order valence-corrected chi connectivity index (χ3v) is 8.02. The van der Waals surface area contributed by atoms with Gasteiger partial charge in [0.15, 0.2) is 0 Å². The van der Waals surface area contributed by atoms with Crippen LogP contribution in [0, 0.1) is 10.1 Å². The van der Waals surface area contributed by atoms with Crippen LogP contribution in [0.25, 0.3) is 12.2 Å². The van der Waals surface area contributed by atoms with Crippen LogP contribution in [0.5, 0.6) is 0 Å². The molecule has 3 N–H and O–H groups in total. The van der Waals surface area contributed by atoms with E-state index in [9.17, 15) is 24.5 Å².